The molecule has 0 aliphatic carbocycles. The maximum atomic E-state index is 12.1. The van der Waals surface area contributed by atoms with Crippen molar-refractivity contribution >= 4 is 17.7 Å². The fraction of sp³-hybridized carbons (Fsp3) is 0.250. The van der Waals surface area contributed by atoms with Crippen LogP contribution in [0.5, 0.6) is 0 Å². The van der Waals surface area contributed by atoms with E-state index < -0.39 is 18.1 Å². The summed E-state index contributed by atoms with van der Waals surface area (Å²) >= 11 is 0. The smallest absolute Gasteiger partial charge is 0.464 e. The van der Waals surface area contributed by atoms with Crippen LogP contribution in [0.25, 0.3) is 0 Å². The summed E-state index contributed by atoms with van der Waals surface area (Å²) in [4.78, 5) is 29.9. The molecule has 0 radical (unpaired) electrons. The van der Waals surface area contributed by atoms with Crippen molar-refractivity contribution in [1.29, 1.82) is 0 Å². The fourth-order valence-corrected chi connectivity index (χ4v) is 1.88. The molecule has 1 amide bonds. The Morgan fingerprint density at radius 3 is 2.15 bits per heavy atom. The van der Waals surface area contributed by atoms with Crippen LogP contribution < -0.4 is 10.6 Å². The van der Waals surface area contributed by atoms with Crippen LogP contribution in [0.1, 0.15) is 21.6 Å². The second-order valence-electron chi connectivity index (χ2n) is 5.13. The first-order chi connectivity index (χ1) is 12.3. The first kappa shape index (κ1) is 19.2. The summed E-state index contributed by atoms with van der Waals surface area (Å²) in [5.74, 6) is -2.12. The number of amides is 1. The molecule has 0 aliphatic heterocycles. The number of aromatic nitrogens is 2. The quantitative estimate of drug-likeness (QED) is 0.758. The van der Waals surface area contributed by atoms with E-state index >= 15 is 0 Å². The van der Waals surface area contributed by atoms with Crippen molar-refractivity contribution in [2.45, 2.75) is 19.3 Å². The van der Waals surface area contributed by atoms with Gasteiger partial charge in [-0.15, -0.1) is 0 Å². The molecule has 0 atom stereocenters. The molecule has 10 heteroatoms. The number of ether oxygens (including phenoxy) is 1. The van der Waals surface area contributed by atoms with E-state index in [0.717, 1.165) is 5.56 Å². The number of alkyl halides is 3. The summed E-state index contributed by atoms with van der Waals surface area (Å²) in [6.45, 7) is 0.175. The number of benzene rings is 1. The van der Waals surface area contributed by atoms with Crippen LogP contribution in [0.4, 0.5) is 19.0 Å². The van der Waals surface area contributed by atoms with Crippen molar-refractivity contribution in [2.75, 3.05) is 12.4 Å². The molecular weight excluding hydrogens is 353 g/mol. The number of hydrogen-bond donors (Lipinski definition) is 2. The summed E-state index contributed by atoms with van der Waals surface area (Å²) in [6, 6.07) is 6.63. The Morgan fingerprint density at radius 1 is 1.04 bits per heavy atom. The van der Waals surface area contributed by atoms with Crippen LogP contribution in [0.2, 0.25) is 0 Å². The van der Waals surface area contributed by atoms with Gasteiger partial charge < -0.3 is 15.4 Å². The maximum Gasteiger partial charge on any atom is 0.471 e. The van der Waals surface area contributed by atoms with E-state index in [0.29, 0.717) is 17.9 Å². The Bertz CT molecular complexity index is 762. The van der Waals surface area contributed by atoms with Crippen molar-refractivity contribution in [3.05, 3.63) is 53.5 Å². The highest BCUT2D eigenvalue weighted by molar-refractivity contribution is 5.86. The number of halogens is 3. The van der Waals surface area contributed by atoms with Crippen LogP contribution in [-0.2, 0) is 22.6 Å². The summed E-state index contributed by atoms with van der Waals surface area (Å²) in [7, 11) is 1.24. The molecule has 7 nitrogen and oxygen atoms in total. The standard InChI is InChI=1S/C16H15F3N4O3/c1-26-14(24)12-8-22-13(9-20-12)21-6-10-2-4-11(5-3-10)7-23-15(25)16(17,18)19/h2-5,8-9H,6-7H2,1H3,(H,21,22)(H,23,25). The van der Waals surface area contributed by atoms with Gasteiger partial charge in [0.05, 0.1) is 19.5 Å². The number of rotatable bonds is 6. The predicted octanol–water partition coefficient (Wildman–Crippen LogP) is 2.05. The second kappa shape index (κ2) is 8.28. The van der Waals surface area contributed by atoms with E-state index in [4.69, 9.17) is 0 Å². The molecule has 1 aromatic carbocycles. The third kappa shape index (κ3) is 5.43. The van der Waals surface area contributed by atoms with Crippen LogP contribution in [0, 0.1) is 0 Å². The highest BCUT2D eigenvalue weighted by Crippen LogP contribution is 2.15. The molecule has 2 N–H and O–H groups in total. The average Bonchev–Trinajstić information content (AvgIpc) is 2.64. The summed E-state index contributed by atoms with van der Waals surface area (Å²) in [5.41, 5.74) is 1.46. The molecule has 0 aliphatic rings. The fourth-order valence-electron chi connectivity index (χ4n) is 1.88. The van der Waals surface area contributed by atoms with Crippen molar-refractivity contribution < 1.29 is 27.5 Å². The van der Waals surface area contributed by atoms with Crippen molar-refractivity contribution in [3.8, 4) is 0 Å². The topological polar surface area (TPSA) is 93.2 Å². The van der Waals surface area contributed by atoms with Gasteiger partial charge in [0.15, 0.2) is 5.69 Å². The monoisotopic (exact) mass is 368 g/mol. The Hall–Kier alpha value is -3.17. The van der Waals surface area contributed by atoms with Gasteiger partial charge in [-0.2, -0.15) is 13.2 Å². The van der Waals surface area contributed by atoms with Gasteiger partial charge in [-0.1, -0.05) is 24.3 Å². The molecule has 26 heavy (non-hydrogen) atoms. The van der Waals surface area contributed by atoms with E-state index in [2.05, 4.69) is 20.0 Å². The molecular formula is C16H15F3N4O3. The Labute approximate surface area is 146 Å². The number of carbonyl (C=O) groups is 2. The summed E-state index contributed by atoms with van der Waals surface area (Å²) in [5, 5.41) is 4.79. The van der Waals surface area contributed by atoms with Gasteiger partial charge in [0, 0.05) is 13.1 Å². The van der Waals surface area contributed by atoms with E-state index in [1.807, 2.05) is 0 Å². The van der Waals surface area contributed by atoms with Crippen molar-refractivity contribution in [2.24, 2.45) is 0 Å². The molecule has 1 aromatic heterocycles. The van der Waals surface area contributed by atoms with Gasteiger partial charge in [0.2, 0.25) is 0 Å². The summed E-state index contributed by atoms with van der Waals surface area (Å²) < 4.78 is 40.8. The van der Waals surface area contributed by atoms with E-state index in [9.17, 15) is 22.8 Å². The SMILES string of the molecule is COC(=O)c1cnc(NCc2ccc(CNC(=O)C(F)(F)F)cc2)cn1. The van der Waals surface area contributed by atoms with Gasteiger partial charge in [-0.3, -0.25) is 4.79 Å². The Morgan fingerprint density at radius 2 is 1.65 bits per heavy atom. The van der Waals surface area contributed by atoms with E-state index in [1.54, 1.807) is 29.6 Å². The normalized spacial score (nSPS) is 10.9. The lowest BCUT2D eigenvalue weighted by Gasteiger charge is -2.09. The lowest BCUT2D eigenvalue weighted by Crippen LogP contribution is -2.36. The third-order valence-corrected chi connectivity index (χ3v) is 3.25. The van der Waals surface area contributed by atoms with Gasteiger partial charge in [-0.05, 0) is 11.1 Å². The molecule has 0 spiro atoms. The zero-order valence-electron chi connectivity index (χ0n) is 13.6. The number of nitrogens with zero attached hydrogens (tertiary/aromatic N) is 2. The molecule has 0 saturated heterocycles. The van der Waals surface area contributed by atoms with Gasteiger partial charge in [-0.25, -0.2) is 14.8 Å². The number of nitrogens with one attached hydrogen (secondary N) is 2. The van der Waals surface area contributed by atoms with Crippen molar-refractivity contribution in [3.63, 3.8) is 0 Å². The third-order valence-electron chi connectivity index (χ3n) is 3.25. The highest BCUT2D eigenvalue weighted by atomic mass is 19.4. The minimum Gasteiger partial charge on any atom is -0.464 e. The predicted molar refractivity (Wildman–Crippen MR) is 85.0 cm³/mol. The minimum atomic E-state index is -4.89. The van der Waals surface area contributed by atoms with Gasteiger partial charge in [0.1, 0.15) is 5.82 Å². The molecule has 0 saturated carbocycles. The van der Waals surface area contributed by atoms with Crippen LogP contribution in [0.15, 0.2) is 36.7 Å². The number of methoxy groups -OCH3 is 1. The van der Waals surface area contributed by atoms with Crippen molar-refractivity contribution in [1.82, 2.24) is 15.3 Å². The number of esters is 1. The molecule has 0 unspecified atom stereocenters. The van der Waals surface area contributed by atoms with Gasteiger partial charge >= 0.3 is 18.1 Å². The zero-order valence-corrected chi connectivity index (χ0v) is 13.6. The lowest BCUT2D eigenvalue weighted by molar-refractivity contribution is -0.173. The molecule has 2 rings (SSSR count). The highest BCUT2D eigenvalue weighted by Gasteiger charge is 2.38. The molecule has 0 bridgehead atoms. The van der Waals surface area contributed by atoms with E-state index in [-0.39, 0.29) is 12.2 Å². The maximum absolute atomic E-state index is 12.1. The minimum absolute atomic E-state index is 0.0864. The molecule has 0 fully saturated rings. The van der Waals surface area contributed by atoms with Crippen LogP contribution in [-0.4, -0.2) is 35.1 Å². The molecule has 1 heterocycles. The Balaban J connectivity index is 1.85. The van der Waals surface area contributed by atoms with Crippen LogP contribution in [0.3, 0.4) is 0 Å². The first-order valence-electron chi connectivity index (χ1n) is 7.36. The van der Waals surface area contributed by atoms with E-state index in [1.165, 1.54) is 19.5 Å². The molecule has 2 aromatic rings. The summed E-state index contributed by atoms with van der Waals surface area (Å²) in [6.07, 6.45) is -2.23. The molecule has 138 valence electrons. The largest absolute Gasteiger partial charge is 0.471 e. The Kier molecular flexibility index (Phi) is 6.10. The second-order valence-corrected chi connectivity index (χ2v) is 5.13. The number of anilines is 1. The zero-order chi connectivity index (χ0) is 19.2. The number of carbonyl (C=O) groups excluding carboxylic acids is 2. The van der Waals surface area contributed by atoms with Gasteiger partial charge in [0.25, 0.3) is 0 Å². The average molecular weight is 368 g/mol. The number of hydrogen-bond acceptors (Lipinski definition) is 6. The van der Waals surface area contributed by atoms with Crippen LogP contribution >= 0.6 is 0 Å². The lowest BCUT2D eigenvalue weighted by atomic mass is 10.1. The first-order valence-corrected chi connectivity index (χ1v) is 7.36.